The minimum absolute atomic E-state index is 0.0921. The Labute approximate surface area is 86.5 Å². The fourth-order valence-corrected chi connectivity index (χ4v) is 1.24. The average Bonchev–Trinajstić information content (AvgIpc) is 2.20. The zero-order chi connectivity index (χ0) is 11.4. The first kappa shape index (κ1) is 11.5. The molecule has 0 aliphatic heterocycles. The third-order valence-corrected chi connectivity index (χ3v) is 2.04. The van der Waals surface area contributed by atoms with Gasteiger partial charge in [0.05, 0.1) is 7.11 Å². The van der Waals surface area contributed by atoms with E-state index >= 15 is 0 Å². The van der Waals surface area contributed by atoms with Crippen molar-refractivity contribution >= 4 is 5.97 Å². The van der Waals surface area contributed by atoms with Crippen LogP contribution in [0.3, 0.4) is 0 Å². The lowest BCUT2D eigenvalue weighted by Gasteiger charge is -2.11. The highest BCUT2D eigenvalue weighted by Gasteiger charge is 2.17. The second kappa shape index (κ2) is 4.75. The summed E-state index contributed by atoms with van der Waals surface area (Å²) in [6.45, 7) is 0. The molecule has 1 atom stereocenters. The van der Waals surface area contributed by atoms with Crippen LogP contribution in [0.5, 0.6) is 5.75 Å². The van der Waals surface area contributed by atoms with Crippen molar-refractivity contribution in [2.24, 2.45) is 5.73 Å². The predicted molar refractivity (Wildman–Crippen MR) is 52.3 cm³/mol. The molecule has 0 fully saturated rings. The second-order valence-electron chi connectivity index (χ2n) is 3.07. The van der Waals surface area contributed by atoms with E-state index < -0.39 is 17.8 Å². The normalized spacial score (nSPS) is 12.2. The van der Waals surface area contributed by atoms with Gasteiger partial charge in [0, 0.05) is 12.0 Å². The number of hydrogen-bond acceptors (Lipinski definition) is 3. The summed E-state index contributed by atoms with van der Waals surface area (Å²) in [5.74, 6) is -1.36. The Hall–Kier alpha value is -1.62. The van der Waals surface area contributed by atoms with Crippen LogP contribution in [0.15, 0.2) is 18.2 Å². The molecular formula is C10H12FNO3. The summed E-state index contributed by atoms with van der Waals surface area (Å²) in [6, 6.07) is 3.17. The number of nitrogens with two attached hydrogens (primary N) is 1. The van der Waals surface area contributed by atoms with E-state index in [4.69, 9.17) is 15.6 Å². The number of carbonyl (C=O) groups is 1. The maximum absolute atomic E-state index is 13.3. The number of carboxylic acids is 1. The van der Waals surface area contributed by atoms with Gasteiger partial charge in [0.15, 0.2) is 0 Å². The largest absolute Gasteiger partial charge is 0.496 e. The van der Waals surface area contributed by atoms with Crippen LogP contribution >= 0.6 is 0 Å². The molecule has 1 rings (SSSR count). The highest BCUT2D eigenvalue weighted by atomic mass is 19.1. The van der Waals surface area contributed by atoms with Gasteiger partial charge in [-0.05, 0) is 12.1 Å². The third kappa shape index (κ3) is 2.66. The third-order valence-electron chi connectivity index (χ3n) is 2.04. The van der Waals surface area contributed by atoms with Crippen LogP contribution < -0.4 is 10.5 Å². The van der Waals surface area contributed by atoms with Gasteiger partial charge in [-0.15, -0.1) is 0 Å². The number of benzene rings is 1. The van der Waals surface area contributed by atoms with Gasteiger partial charge in [0.1, 0.15) is 17.6 Å². The van der Waals surface area contributed by atoms with Crippen molar-refractivity contribution in [1.82, 2.24) is 0 Å². The monoisotopic (exact) mass is 213 g/mol. The quantitative estimate of drug-likeness (QED) is 0.775. The molecule has 3 N–H and O–H groups in total. The molecule has 0 radical (unpaired) electrons. The van der Waals surface area contributed by atoms with E-state index in [2.05, 4.69) is 0 Å². The van der Waals surface area contributed by atoms with E-state index in [1.807, 2.05) is 0 Å². The molecule has 1 aromatic rings. The average molecular weight is 213 g/mol. The highest BCUT2D eigenvalue weighted by Crippen LogP contribution is 2.22. The van der Waals surface area contributed by atoms with Gasteiger partial charge in [-0.25, -0.2) is 4.39 Å². The number of halogens is 1. The lowest BCUT2D eigenvalue weighted by atomic mass is 10.0. The molecule has 82 valence electrons. The number of hydrogen-bond donors (Lipinski definition) is 2. The lowest BCUT2D eigenvalue weighted by molar-refractivity contribution is -0.138. The Morgan fingerprint density at radius 3 is 2.87 bits per heavy atom. The topological polar surface area (TPSA) is 72.5 Å². The van der Waals surface area contributed by atoms with Gasteiger partial charge in [-0.3, -0.25) is 4.79 Å². The van der Waals surface area contributed by atoms with Crippen LogP contribution in [0.1, 0.15) is 5.56 Å². The molecule has 0 spiro atoms. The number of rotatable bonds is 4. The highest BCUT2D eigenvalue weighted by molar-refractivity contribution is 5.73. The molecule has 0 aromatic heterocycles. The summed E-state index contributed by atoms with van der Waals surface area (Å²) in [6.07, 6.45) is -0.0921. The molecule has 0 aliphatic rings. The first-order valence-electron chi connectivity index (χ1n) is 4.36. The van der Waals surface area contributed by atoms with E-state index in [1.54, 1.807) is 6.07 Å². The molecule has 1 aromatic carbocycles. The Bertz CT molecular complexity index is 368. The fraction of sp³-hybridized carbons (Fsp3) is 0.300. The van der Waals surface area contributed by atoms with Crippen LogP contribution in [0.25, 0.3) is 0 Å². The van der Waals surface area contributed by atoms with Crippen LogP contribution in [-0.2, 0) is 11.2 Å². The van der Waals surface area contributed by atoms with Gasteiger partial charge >= 0.3 is 5.97 Å². The number of aliphatic carboxylic acids is 1. The number of ether oxygens (including phenoxy) is 1. The van der Waals surface area contributed by atoms with Gasteiger partial charge in [0.2, 0.25) is 0 Å². The van der Waals surface area contributed by atoms with Crippen LogP contribution in [0.4, 0.5) is 4.39 Å². The number of methoxy groups -OCH3 is 1. The minimum atomic E-state index is -1.17. The fourth-order valence-electron chi connectivity index (χ4n) is 1.24. The molecule has 0 aliphatic carbocycles. The standard InChI is InChI=1S/C10H12FNO3/c1-15-9-4-2-3-7(11)6(9)5-8(12)10(13)14/h2-4,8H,5,12H2,1H3,(H,13,14)/t8-/m0/s1. The van der Waals surface area contributed by atoms with Crippen molar-refractivity contribution in [1.29, 1.82) is 0 Å². The van der Waals surface area contributed by atoms with E-state index in [1.165, 1.54) is 19.2 Å². The van der Waals surface area contributed by atoms with Gasteiger partial charge in [0.25, 0.3) is 0 Å². The van der Waals surface area contributed by atoms with Gasteiger partial charge in [-0.1, -0.05) is 6.07 Å². The van der Waals surface area contributed by atoms with Crippen molar-refractivity contribution in [3.05, 3.63) is 29.6 Å². The molecule has 0 bridgehead atoms. The van der Waals surface area contributed by atoms with Crippen molar-refractivity contribution in [2.45, 2.75) is 12.5 Å². The smallest absolute Gasteiger partial charge is 0.320 e. The Balaban J connectivity index is 2.97. The Morgan fingerprint density at radius 2 is 2.33 bits per heavy atom. The van der Waals surface area contributed by atoms with Crippen molar-refractivity contribution in [3.63, 3.8) is 0 Å². The van der Waals surface area contributed by atoms with Gasteiger partial charge < -0.3 is 15.6 Å². The minimum Gasteiger partial charge on any atom is -0.496 e. The summed E-state index contributed by atoms with van der Waals surface area (Å²) in [4.78, 5) is 10.5. The molecular weight excluding hydrogens is 201 g/mol. The lowest BCUT2D eigenvalue weighted by Crippen LogP contribution is -2.32. The molecule has 5 heteroatoms. The second-order valence-corrected chi connectivity index (χ2v) is 3.07. The van der Waals surface area contributed by atoms with Crippen molar-refractivity contribution in [2.75, 3.05) is 7.11 Å². The van der Waals surface area contributed by atoms with Crippen LogP contribution in [-0.4, -0.2) is 24.2 Å². The van der Waals surface area contributed by atoms with E-state index in [9.17, 15) is 9.18 Å². The summed E-state index contributed by atoms with van der Waals surface area (Å²) in [5, 5.41) is 8.61. The molecule has 4 nitrogen and oxygen atoms in total. The molecule has 0 amide bonds. The van der Waals surface area contributed by atoms with Crippen molar-refractivity contribution in [3.8, 4) is 5.75 Å². The van der Waals surface area contributed by atoms with Crippen LogP contribution in [0, 0.1) is 5.82 Å². The van der Waals surface area contributed by atoms with Crippen molar-refractivity contribution < 1.29 is 19.0 Å². The van der Waals surface area contributed by atoms with Crippen LogP contribution in [0.2, 0.25) is 0 Å². The van der Waals surface area contributed by atoms with E-state index in [0.29, 0.717) is 5.75 Å². The zero-order valence-electron chi connectivity index (χ0n) is 8.24. The summed E-state index contributed by atoms with van der Waals surface area (Å²) >= 11 is 0. The molecule has 15 heavy (non-hydrogen) atoms. The Morgan fingerprint density at radius 1 is 1.67 bits per heavy atom. The molecule has 0 heterocycles. The molecule has 0 unspecified atom stereocenters. The zero-order valence-corrected chi connectivity index (χ0v) is 8.24. The van der Waals surface area contributed by atoms with E-state index in [-0.39, 0.29) is 12.0 Å². The summed E-state index contributed by atoms with van der Waals surface area (Å²) in [5.41, 5.74) is 5.51. The first-order valence-corrected chi connectivity index (χ1v) is 4.36. The summed E-state index contributed by atoms with van der Waals surface area (Å²) < 4.78 is 18.3. The summed E-state index contributed by atoms with van der Waals surface area (Å²) in [7, 11) is 1.39. The Kier molecular flexibility index (Phi) is 3.62. The van der Waals surface area contributed by atoms with E-state index in [0.717, 1.165) is 0 Å². The van der Waals surface area contributed by atoms with Gasteiger partial charge in [-0.2, -0.15) is 0 Å². The maximum Gasteiger partial charge on any atom is 0.320 e. The SMILES string of the molecule is COc1cccc(F)c1C[C@H](N)C(=O)O. The first-order chi connectivity index (χ1) is 7.06. The number of carboxylic acid groups (broad SMARTS) is 1. The predicted octanol–water partition coefficient (Wildman–Crippen LogP) is 0.789. The molecule has 0 saturated carbocycles. The maximum atomic E-state index is 13.3. The molecule has 0 saturated heterocycles.